The number of likely N-dealkylation sites (tertiary alicyclic amines) is 1. The topological polar surface area (TPSA) is 66.8 Å². The van der Waals surface area contributed by atoms with Crippen molar-refractivity contribution in [3.8, 4) is 0 Å². The summed E-state index contributed by atoms with van der Waals surface area (Å²) in [7, 11) is 0. The van der Waals surface area contributed by atoms with E-state index in [2.05, 4.69) is 0 Å². The van der Waals surface area contributed by atoms with Crippen molar-refractivity contribution in [2.24, 2.45) is 5.92 Å². The fourth-order valence-electron chi connectivity index (χ4n) is 1.43. The highest BCUT2D eigenvalue weighted by Gasteiger charge is 2.25. The first kappa shape index (κ1) is 9.98. The summed E-state index contributed by atoms with van der Waals surface area (Å²) in [6.45, 7) is 1.67. The van der Waals surface area contributed by atoms with Crippen molar-refractivity contribution < 1.29 is 19.4 Å². The normalized spacial score (nSPS) is 21.8. The summed E-state index contributed by atoms with van der Waals surface area (Å²) in [6.07, 6.45) is 0.646. The lowest BCUT2D eigenvalue weighted by molar-refractivity contribution is -0.112. The van der Waals surface area contributed by atoms with Crippen LogP contribution in [0, 0.1) is 5.92 Å². The van der Waals surface area contributed by atoms with Crippen molar-refractivity contribution >= 4 is 12.4 Å². The van der Waals surface area contributed by atoms with Crippen molar-refractivity contribution in [1.82, 2.24) is 4.90 Å². The minimum Gasteiger partial charge on any atom is -0.465 e. The third kappa shape index (κ3) is 3.02. The van der Waals surface area contributed by atoms with Crippen molar-refractivity contribution in [3.05, 3.63) is 0 Å². The fourth-order valence-corrected chi connectivity index (χ4v) is 1.43. The summed E-state index contributed by atoms with van der Waals surface area (Å²) in [5, 5.41) is 8.63. The number of hydrogen-bond donors (Lipinski definition) is 1. The number of ether oxygens (including phenoxy) is 1. The molecule has 0 aromatic heterocycles. The van der Waals surface area contributed by atoms with E-state index in [0.717, 1.165) is 6.42 Å². The smallest absolute Gasteiger partial charge is 0.407 e. The van der Waals surface area contributed by atoms with Gasteiger partial charge in [0.1, 0.15) is 12.9 Å². The Balaban J connectivity index is 2.17. The summed E-state index contributed by atoms with van der Waals surface area (Å²) in [5.74, 6) is 0.246. The van der Waals surface area contributed by atoms with Crippen LogP contribution in [0.2, 0.25) is 0 Å². The van der Waals surface area contributed by atoms with E-state index in [1.165, 1.54) is 4.90 Å². The first-order valence-corrected chi connectivity index (χ1v) is 4.23. The van der Waals surface area contributed by atoms with Crippen molar-refractivity contribution in [2.75, 3.05) is 26.3 Å². The van der Waals surface area contributed by atoms with E-state index < -0.39 is 6.09 Å². The summed E-state index contributed by atoms with van der Waals surface area (Å²) in [5.41, 5.74) is 0. The first-order chi connectivity index (χ1) is 6.24. The Kier molecular flexibility index (Phi) is 3.70. The van der Waals surface area contributed by atoms with Crippen LogP contribution in [0.5, 0.6) is 0 Å². The molecule has 0 aromatic rings. The molecule has 1 saturated heterocycles. The molecule has 0 aliphatic carbocycles. The van der Waals surface area contributed by atoms with Gasteiger partial charge >= 0.3 is 6.09 Å². The van der Waals surface area contributed by atoms with Gasteiger partial charge in [-0.15, -0.1) is 0 Å². The summed E-state index contributed by atoms with van der Waals surface area (Å²) >= 11 is 0. The molecule has 0 unspecified atom stereocenters. The molecule has 1 aliphatic rings. The van der Waals surface area contributed by atoms with Gasteiger partial charge in [0.05, 0.1) is 6.61 Å². The van der Waals surface area contributed by atoms with Crippen molar-refractivity contribution in [1.29, 1.82) is 0 Å². The molecule has 0 saturated carbocycles. The number of aldehydes is 1. The maximum Gasteiger partial charge on any atom is 0.407 e. The number of amides is 1. The van der Waals surface area contributed by atoms with Gasteiger partial charge in [-0.05, 0) is 6.42 Å². The van der Waals surface area contributed by atoms with E-state index in [9.17, 15) is 9.59 Å². The Hall–Kier alpha value is -1.10. The quantitative estimate of drug-likeness (QED) is 0.504. The maximum atomic E-state index is 10.5. The Morgan fingerprint density at radius 1 is 1.69 bits per heavy atom. The SMILES string of the molecule is O=CCOC[C@@H]1CCN(C(=O)O)C1. The molecule has 0 spiro atoms. The molecule has 1 N–H and O–H groups in total. The molecule has 13 heavy (non-hydrogen) atoms. The number of rotatable bonds is 4. The Bertz CT molecular complexity index is 195. The van der Waals surface area contributed by atoms with Gasteiger partial charge in [0, 0.05) is 19.0 Å². The van der Waals surface area contributed by atoms with Crippen LogP contribution in [-0.2, 0) is 9.53 Å². The molecule has 1 atom stereocenters. The number of nitrogens with zero attached hydrogens (tertiary/aromatic N) is 1. The molecule has 0 aromatic carbocycles. The van der Waals surface area contributed by atoms with Crippen LogP contribution >= 0.6 is 0 Å². The van der Waals surface area contributed by atoms with Gasteiger partial charge < -0.3 is 19.5 Å². The summed E-state index contributed by atoms with van der Waals surface area (Å²) < 4.78 is 5.01. The highest BCUT2D eigenvalue weighted by atomic mass is 16.5. The Labute approximate surface area is 76.3 Å². The molecule has 1 heterocycles. The van der Waals surface area contributed by atoms with E-state index in [4.69, 9.17) is 9.84 Å². The van der Waals surface area contributed by atoms with Crippen LogP contribution in [0.25, 0.3) is 0 Å². The monoisotopic (exact) mass is 187 g/mol. The maximum absolute atomic E-state index is 10.5. The minimum absolute atomic E-state index is 0.101. The highest BCUT2D eigenvalue weighted by molar-refractivity contribution is 5.65. The molecule has 0 bridgehead atoms. The zero-order valence-corrected chi connectivity index (χ0v) is 7.31. The van der Waals surface area contributed by atoms with Crippen molar-refractivity contribution in [3.63, 3.8) is 0 Å². The van der Waals surface area contributed by atoms with E-state index in [-0.39, 0.29) is 12.5 Å². The van der Waals surface area contributed by atoms with Gasteiger partial charge in [0.2, 0.25) is 0 Å². The van der Waals surface area contributed by atoms with Crippen LogP contribution in [0.1, 0.15) is 6.42 Å². The second-order valence-corrected chi connectivity index (χ2v) is 3.09. The molecule has 1 fully saturated rings. The van der Waals surface area contributed by atoms with Crippen LogP contribution in [0.15, 0.2) is 0 Å². The van der Waals surface area contributed by atoms with Crippen molar-refractivity contribution in [2.45, 2.75) is 6.42 Å². The summed E-state index contributed by atoms with van der Waals surface area (Å²) in [4.78, 5) is 21.8. The number of hydrogen-bond acceptors (Lipinski definition) is 3. The van der Waals surface area contributed by atoms with E-state index in [0.29, 0.717) is 26.0 Å². The van der Waals surface area contributed by atoms with Gasteiger partial charge in [-0.1, -0.05) is 0 Å². The predicted molar refractivity (Wildman–Crippen MR) is 44.6 cm³/mol. The van der Waals surface area contributed by atoms with Gasteiger partial charge in [0.15, 0.2) is 0 Å². The molecule has 1 amide bonds. The fraction of sp³-hybridized carbons (Fsp3) is 0.750. The molecular formula is C8H13NO4. The lowest BCUT2D eigenvalue weighted by Crippen LogP contribution is -2.27. The third-order valence-electron chi connectivity index (χ3n) is 2.10. The molecule has 0 radical (unpaired) electrons. The average molecular weight is 187 g/mol. The average Bonchev–Trinajstić information content (AvgIpc) is 2.53. The van der Waals surface area contributed by atoms with Gasteiger partial charge in [0.25, 0.3) is 0 Å². The van der Waals surface area contributed by atoms with Gasteiger partial charge in [-0.2, -0.15) is 0 Å². The highest BCUT2D eigenvalue weighted by Crippen LogP contribution is 2.15. The Morgan fingerprint density at radius 2 is 2.46 bits per heavy atom. The van der Waals surface area contributed by atoms with Crippen LogP contribution in [-0.4, -0.2) is 48.7 Å². The van der Waals surface area contributed by atoms with E-state index >= 15 is 0 Å². The second kappa shape index (κ2) is 4.81. The lowest BCUT2D eigenvalue weighted by atomic mass is 10.1. The molecule has 5 nitrogen and oxygen atoms in total. The third-order valence-corrected chi connectivity index (χ3v) is 2.10. The number of carboxylic acid groups (broad SMARTS) is 1. The van der Waals surface area contributed by atoms with Gasteiger partial charge in [-0.3, -0.25) is 0 Å². The minimum atomic E-state index is -0.877. The molecule has 1 aliphatic heterocycles. The molecule has 74 valence electrons. The lowest BCUT2D eigenvalue weighted by Gasteiger charge is -2.11. The number of carbonyl (C=O) groups is 2. The molecule has 5 heteroatoms. The molecular weight excluding hydrogens is 174 g/mol. The van der Waals surface area contributed by atoms with E-state index in [1.807, 2.05) is 0 Å². The van der Waals surface area contributed by atoms with Crippen LogP contribution in [0.3, 0.4) is 0 Å². The Morgan fingerprint density at radius 3 is 3.00 bits per heavy atom. The summed E-state index contributed by atoms with van der Waals surface area (Å²) in [6, 6.07) is 0. The zero-order chi connectivity index (χ0) is 9.68. The number of carbonyl (C=O) groups excluding carboxylic acids is 1. The second-order valence-electron chi connectivity index (χ2n) is 3.09. The first-order valence-electron chi connectivity index (χ1n) is 4.23. The predicted octanol–water partition coefficient (Wildman–Crippen LogP) is 0.202. The van der Waals surface area contributed by atoms with Crippen LogP contribution in [0.4, 0.5) is 4.79 Å². The van der Waals surface area contributed by atoms with E-state index in [1.54, 1.807) is 0 Å². The standard InChI is InChI=1S/C8H13NO4/c10-3-4-13-6-7-1-2-9(5-7)8(11)12/h3,7H,1-2,4-6H2,(H,11,12)/t7-/m1/s1. The zero-order valence-electron chi connectivity index (χ0n) is 7.31. The molecule has 1 rings (SSSR count). The largest absolute Gasteiger partial charge is 0.465 e. The van der Waals surface area contributed by atoms with Crippen LogP contribution < -0.4 is 0 Å². The van der Waals surface area contributed by atoms with Gasteiger partial charge in [-0.25, -0.2) is 4.79 Å².